The molecule has 0 amide bonds. The van der Waals surface area contributed by atoms with Crippen molar-refractivity contribution in [1.82, 2.24) is 0 Å². The Balaban J connectivity index is 2.44. The van der Waals surface area contributed by atoms with Gasteiger partial charge in [0.25, 0.3) is 0 Å². The molecule has 5 heteroatoms. The normalized spacial score (nSPS) is 12.5. The van der Waals surface area contributed by atoms with Crippen LogP contribution in [-0.2, 0) is 0 Å². The van der Waals surface area contributed by atoms with Crippen molar-refractivity contribution < 1.29 is 9.50 Å². The molecule has 0 aliphatic carbocycles. The summed E-state index contributed by atoms with van der Waals surface area (Å²) in [5.74, 6) is -0.460. The van der Waals surface area contributed by atoms with E-state index in [1.807, 2.05) is 0 Å². The molecule has 0 aliphatic rings. The Bertz CT molecular complexity index is 535. The highest BCUT2D eigenvalue weighted by atomic mass is 35.5. The highest BCUT2D eigenvalue weighted by molar-refractivity contribution is 6.35. The third-order valence-electron chi connectivity index (χ3n) is 2.51. The van der Waals surface area contributed by atoms with Crippen LogP contribution in [0.1, 0.15) is 17.2 Å². The highest BCUT2D eigenvalue weighted by Crippen LogP contribution is 2.33. The van der Waals surface area contributed by atoms with Gasteiger partial charge in [-0.15, -0.1) is 0 Å². The van der Waals surface area contributed by atoms with Gasteiger partial charge in [0.2, 0.25) is 0 Å². The van der Waals surface area contributed by atoms with Crippen LogP contribution in [0, 0.1) is 5.82 Å². The van der Waals surface area contributed by atoms with Crippen molar-refractivity contribution in [2.45, 2.75) is 6.10 Å². The Labute approximate surface area is 119 Å². The number of hydrogen-bond donors (Lipinski definition) is 1. The molecule has 94 valence electrons. The van der Waals surface area contributed by atoms with E-state index in [9.17, 15) is 9.50 Å². The van der Waals surface area contributed by atoms with Crippen LogP contribution in [0.25, 0.3) is 0 Å². The van der Waals surface area contributed by atoms with E-state index in [2.05, 4.69) is 0 Å². The molecule has 0 heterocycles. The van der Waals surface area contributed by atoms with Crippen molar-refractivity contribution in [3.8, 4) is 0 Å². The summed E-state index contributed by atoms with van der Waals surface area (Å²) in [5.41, 5.74) is 0.858. The lowest BCUT2D eigenvalue weighted by atomic mass is 10.0. The fraction of sp³-hybridized carbons (Fsp3) is 0.0769. The first kappa shape index (κ1) is 13.6. The van der Waals surface area contributed by atoms with E-state index in [1.54, 1.807) is 12.1 Å². The minimum atomic E-state index is -1.03. The molecule has 2 aromatic carbocycles. The topological polar surface area (TPSA) is 20.2 Å². The van der Waals surface area contributed by atoms with Gasteiger partial charge in [0.15, 0.2) is 0 Å². The minimum absolute atomic E-state index is 0.147. The third kappa shape index (κ3) is 2.78. The zero-order chi connectivity index (χ0) is 13.3. The summed E-state index contributed by atoms with van der Waals surface area (Å²) in [4.78, 5) is 0. The number of aliphatic hydroxyl groups excluding tert-OH is 1. The summed E-state index contributed by atoms with van der Waals surface area (Å²) in [7, 11) is 0. The molecule has 0 saturated heterocycles. The smallest absolute Gasteiger partial charge is 0.124 e. The van der Waals surface area contributed by atoms with Gasteiger partial charge in [0.1, 0.15) is 11.9 Å². The molecule has 2 rings (SSSR count). The second-order valence-corrected chi connectivity index (χ2v) is 4.99. The van der Waals surface area contributed by atoms with Gasteiger partial charge in [-0.1, -0.05) is 46.9 Å². The molecule has 1 unspecified atom stereocenters. The van der Waals surface area contributed by atoms with Crippen molar-refractivity contribution in [2.75, 3.05) is 0 Å². The Morgan fingerprint density at radius 1 is 0.889 bits per heavy atom. The van der Waals surface area contributed by atoms with E-state index < -0.39 is 11.9 Å². The van der Waals surface area contributed by atoms with E-state index in [4.69, 9.17) is 34.8 Å². The van der Waals surface area contributed by atoms with Crippen molar-refractivity contribution in [1.29, 1.82) is 0 Å². The zero-order valence-electron chi connectivity index (χ0n) is 9.00. The molecule has 0 aliphatic heterocycles. The van der Waals surface area contributed by atoms with E-state index in [1.165, 1.54) is 18.2 Å². The molecule has 0 saturated carbocycles. The van der Waals surface area contributed by atoms with Gasteiger partial charge >= 0.3 is 0 Å². The Kier molecular flexibility index (Phi) is 4.13. The molecule has 2 aromatic rings. The molecule has 0 radical (unpaired) electrons. The summed E-state index contributed by atoms with van der Waals surface area (Å²) in [6.07, 6.45) is -1.03. The lowest BCUT2D eigenvalue weighted by Crippen LogP contribution is -2.01. The van der Waals surface area contributed by atoms with Crippen molar-refractivity contribution in [2.24, 2.45) is 0 Å². The summed E-state index contributed by atoms with van der Waals surface area (Å²) >= 11 is 17.7. The van der Waals surface area contributed by atoms with Gasteiger partial charge in [-0.05, 0) is 24.3 Å². The van der Waals surface area contributed by atoms with Gasteiger partial charge in [0, 0.05) is 26.2 Å². The number of hydrogen-bond acceptors (Lipinski definition) is 1. The molecule has 0 spiro atoms. The van der Waals surface area contributed by atoms with Gasteiger partial charge < -0.3 is 5.11 Å². The SMILES string of the molecule is OC(c1ccc(F)cc1Cl)c1ccc(Cl)cc1Cl. The van der Waals surface area contributed by atoms with Crippen LogP contribution in [-0.4, -0.2) is 5.11 Å². The van der Waals surface area contributed by atoms with Crippen molar-refractivity contribution in [3.05, 3.63) is 68.4 Å². The first-order valence-corrected chi connectivity index (χ1v) is 6.20. The van der Waals surface area contributed by atoms with Crippen LogP contribution >= 0.6 is 34.8 Å². The zero-order valence-corrected chi connectivity index (χ0v) is 11.3. The Morgan fingerprint density at radius 3 is 2.00 bits per heavy atom. The van der Waals surface area contributed by atoms with Crippen molar-refractivity contribution in [3.63, 3.8) is 0 Å². The fourth-order valence-corrected chi connectivity index (χ4v) is 2.40. The van der Waals surface area contributed by atoms with Gasteiger partial charge in [0.05, 0.1) is 0 Å². The fourth-order valence-electron chi connectivity index (χ4n) is 1.61. The number of aliphatic hydroxyl groups is 1. The van der Waals surface area contributed by atoms with Crippen LogP contribution < -0.4 is 0 Å². The Morgan fingerprint density at radius 2 is 1.44 bits per heavy atom. The molecule has 18 heavy (non-hydrogen) atoms. The maximum Gasteiger partial charge on any atom is 0.124 e. The van der Waals surface area contributed by atoms with Gasteiger partial charge in [-0.25, -0.2) is 4.39 Å². The molecule has 0 bridgehead atoms. The third-order valence-corrected chi connectivity index (χ3v) is 3.40. The molecule has 0 fully saturated rings. The number of halogens is 4. The lowest BCUT2D eigenvalue weighted by molar-refractivity contribution is 0.220. The van der Waals surface area contributed by atoms with E-state index in [0.29, 0.717) is 21.2 Å². The van der Waals surface area contributed by atoms with Gasteiger partial charge in [-0.2, -0.15) is 0 Å². The van der Waals surface area contributed by atoms with Crippen LogP contribution in [0.3, 0.4) is 0 Å². The van der Waals surface area contributed by atoms with E-state index >= 15 is 0 Å². The first-order chi connectivity index (χ1) is 8.49. The molecule has 0 aromatic heterocycles. The molecule has 1 N–H and O–H groups in total. The largest absolute Gasteiger partial charge is 0.384 e. The van der Waals surface area contributed by atoms with E-state index in [-0.39, 0.29) is 5.02 Å². The van der Waals surface area contributed by atoms with Gasteiger partial charge in [-0.3, -0.25) is 0 Å². The van der Waals surface area contributed by atoms with Crippen LogP contribution in [0.4, 0.5) is 4.39 Å². The summed E-state index contributed by atoms with van der Waals surface area (Å²) < 4.78 is 12.9. The van der Waals surface area contributed by atoms with E-state index in [0.717, 1.165) is 6.07 Å². The molecular formula is C13H8Cl3FO. The van der Waals surface area contributed by atoms with Crippen LogP contribution in [0.2, 0.25) is 15.1 Å². The maximum absolute atomic E-state index is 12.9. The average molecular weight is 306 g/mol. The lowest BCUT2D eigenvalue weighted by Gasteiger charge is -2.14. The van der Waals surface area contributed by atoms with Crippen LogP contribution in [0.15, 0.2) is 36.4 Å². The second-order valence-electron chi connectivity index (χ2n) is 3.73. The number of benzene rings is 2. The molecule has 1 nitrogen and oxygen atoms in total. The Hall–Kier alpha value is -0.800. The predicted molar refractivity (Wildman–Crippen MR) is 71.9 cm³/mol. The molecule has 1 atom stereocenters. The first-order valence-electron chi connectivity index (χ1n) is 5.07. The highest BCUT2D eigenvalue weighted by Gasteiger charge is 2.17. The second kappa shape index (κ2) is 5.45. The van der Waals surface area contributed by atoms with Crippen molar-refractivity contribution >= 4 is 34.8 Å². The quantitative estimate of drug-likeness (QED) is 0.839. The number of rotatable bonds is 2. The molecular weight excluding hydrogens is 297 g/mol. The summed E-state index contributed by atoms with van der Waals surface area (Å²) in [6, 6.07) is 8.54. The summed E-state index contributed by atoms with van der Waals surface area (Å²) in [5, 5.41) is 11.2. The summed E-state index contributed by atoms with van der Waals surface area (Å²) in [6.45, 7) is 0. The monoisotopic (exact) mass is 304 g/mol. The standard InChI is InChI=1S/C13H8Cl3FO/c14-7-1-3-9(11(15)5-7)13(18)10-4-2-8(17)6-12(10)16/h1-6,13,18H. The van der Waals surface area contributed by atoms with Crippen LogP contribution in [0.5, 0.6) is 0 Å². The predicted octanol–water partition coefficient (Wildman–Crippen LogP) is 4.87. The average Bonchev–Trinajstić information content (AvgIpc) is 2.28. The maximum atomic E-state index is 12.9. The minimum Gasteiger partial charge on any atom is -0.384 e.